The molecule has 0 fully saturated rings. The summed E-state index contributed by atoms with van der Waals surface area (Å²) in [5, 5.41) is 8.84. The summed E-state index contributed by atoms with van der Waals surface area (Å²) in [5.74, 6) is 0.384. The minimum absolute atomic E-state index is 0.0365. The number of rotatable bonds is 5. The van der Waals surface area contributed by atoms with Gasteiger partial charge in [-0.15, -0.1) is 0 Å². The highest BCUT2D eigenvalue weighted by Gasteiger charge is 2.09. The first kappa shape index (κ1) is 13.3. The molecule has 0 atom stereocenters. The molecule has 0 aliphatic carbocycles. The second-order valence-corrected chi connectivity index (χ2v) is 5.92. The van der Waals surface area contributed by atoms with Crippen molar-refractivity contribution in [1.29, 1.82) is 5.26 Å². The predicted octanol–water partition coefficient (Wildman–Crippen LogP) is 0.954. The van der Waals surface area contributed by atoms with Crippen LogP contribution in [0.3, 0.4) is 0 Å². The molecule has 0 saturated carbocycles. The Labute approximate surface area is 101 Å². The molecule has 1 rings (SSSR count). The fourth-order valence-corrected chi connectivity index (χ4v) is 1.81. The largest absolute Gasteiger partial charge is 0.491 e. The number of nitrogens with two attached hydrogens (primary N) is 1. The average molecular weight is 254 g/mol. The van der Waals surface area contributed by atoms with Crippen LogP contribution in [0.4, 0.5) is 5.69 Å². The maximum absolute atomic E-state index is 11.2. The molecule has 17 heavy (non-hydrogen) atoms. The molecule has 0 aliphatic heterocycles. The summed E-state index contributed by atoms with van der Waals surface area (Å²) in [7, 11) is -3.05. The van der Waals surface area contributed by atoms with Crippen LogP contribution in [-0.2, 0) is 9.84 Å². The van der Waals surface area contributed by atoms with Crippen molar-refractivity contribution in [2.75, 3.05) is 23.8 Å². The van der Waals surface area contributed by atoms with E-state index in [4.69, 9.17) is 15.7 Å². The Kier molecular flexibility index (Phi) is 4.35. The van der Waals surface area contributed by atoms with Crippen LogP contribution in [0.15, 0.2) is 18.2 Å². The summed E-state index contributed by atoms with van der Waals surface area (Å²) in [6.07, 6.45) is 0. The van der Waals surface area contributed by atoms with Gasteiger partial charge in [0.25, 0.3) is 0 Å². The number of anilines is 1. The third kappa shape index (κ3) is 3.96. The minimum Gasteiger partial charge on any atom is -0.491 e. The van der Waals surface area contributed by atoms with Crippen molar-refractivity contribution >= 4 is 15.5 Å². The van der Waals surface area contributed by atoms with Gasteiger partial charge in [-0.05, 0) is 18.2 Å². The number of nitrogens with zero attached hydrogens (tertiary/aromatic N) is 1. The van der Waals surface area contributed by atoms with E-state index in [1.165, 1.54) is 6.07 Å². The lowest BCUT2D eigenvalue weighted by Crippen LogP contribution is -2.15. The molecule has 1 aromatic rings. The van der Waals surface area contributed by atoms with Crippen LogP contribution >= 0.6 is 0 Å². The molecule has 0 saturated heterocycles. The standard InChI is InChI=1S/C11H14N2O3S/c1-2-17(14,15)6-5-16-11-4-3-10(13)7-9(11)8-12/h3-4,7H,2,5-6,13H2,1H3. The van der Waals surface area contributed by atoms with Crippen molar-refractivity contribution in [3.05, 3.63) is 23.8 Å². The second kappa shape index (κ2) is 5.55. The van der Waals surface area contributed by atoms with Crippen LogP contribution in [0.2, 0.25) is 0 Å². The van der Waals surface area contributed by atoms with Gasteiger partial charge in [-0.2, -0.15) is 5.26 Å². The number of nitrogen functional groups attached to an aromatic ring is 1. The summed E-state index contributed by atoms with van der Waals surface area (Å²) < 4.78 is 27.7. The van der Waals surface area contributed by atoms with E-state index in [0.717, 1.165) is 0 Å². The number of hydrogen-bond donors (Lipinski definition) is 1. The van der Waals surface area contributed by atoms with E-state index in [1.54, 1.807) is 19.1 Å². The Hall–Kier alpha value is -1.74. The van der Waals surface area contributed by atoms with Gasteiger partial charge in [-0.1, -0.05) is 6.92 Å². The predicted molar refractivity (Wildman–Crippen MR) is 65.4 cm³/mol. The van der Waals surface area contributed by atoms with Gasteiger partial charge in [0.05, 0.1) is 11.3 Å². The lowest BCUT2D eigenvalue weighted by Gasteiger charge is -2.08. The van der Waals surface area contributed by atoms with Gasteiger partial charge in [0.2, 0.25) is 0 Å². The Morgan fingerprint density at radius 2 is 2.18 bits per heavy atom. The number of ether oxygens (including phenoxy) is 1. The van der Waals surface area contributed by atoms with Gasteiger partial charge in [0.1, 0.15) is 18.4 Å². The third-order valence-electron chi connectivity index (χ3n) is 2.22. The highest BCUT2D eigenvalue weighted by atomic mass is 32.2. The van der Waals surface area contributed by atoms with E-state index in [1.807, 2.05) is 6.07 Å². The molecule has 6 heteroatoms. The summed E-state index contributed by atoms with van der Waals surface area (Å²) in [6, 6.07) is 6.60. The van der Waals surface area contributed by atoms with Crippen LogP contribution in [0.5, 0.6) is 5.75 Å². The van der Waals surface area contributed by atoms with Crippen molar-refractivity contribution in [3.63, 3.8) is 0 Å². The van der Waals surface area contributed by atoms with Crippen molar-refractivity contribution < 1.29 is 13.2 Å². The SMILES string of the molecule is CCS(=O)(=O)CCOc1ccc(N)cc1C#N. The minimum atomic E-state index is -3.05. The fourth-order valence-electron chi connectivity index (χ4n) is 1.18. The van der Waals surface area contributed by atoms with Gasteiger partial charge in [-0.25, -0.2) is 8.42 Å². The van der Waals surface area contributed by atoms with Gasteiger partial charge in [0.15, 0.2) is 9.84 Å². The lowest BCUT2D eigenvalue weighted by atomic mass is 10.2. The van der Waals surface area contributed by atoms with E-state index < -0.39 is 9.84 Å². The van der Waals surface area contributed by atoms with Gasteiger partial charge in [-0.3, -0.25) is 0 Å². The fraction of sp³-hybridized carbons (Fsp3) is 0.364. The van der Waals surface area contributed by atoms with E-state index in [-0.39, 0.29) is 18.1 Å². The van der Waals surface area contributed by atoms with Crippen LogP contribution < -0.4 is 10.5 Å². The summed E-state index contributed by atoms with van der Waals surface area (Å²) in [5.41, 5.74) is 6.29. The number of hydrogen-bond acceptors (Lipinski definition) is 5. The Morgan fingerprint density at radius 3 is 2.76 bits per heavy atom. The van der Waals surface area contributed by atoms with Crippen LogP contribution in [0, 0.1) is 11.3 Å². The van der Waals surface area contributed by atoms with Crippen LogP contribution in [0.25, 0.3) is 0 Å². The second-order valence-electron chi connectivity index (χ2n) is 3.45. The molecule has 0 radical (unpaired) electrons. The molecule has 0 aliphatic rings. The zero-order chi connectivity index (χ0) is 12.9. The Morgan fingerprint density at radius 1 is 1.47 bits per heavy atom. The molecule has 1 aromatic carbocycles. The van der Waals surface area contributed by atoms with E-state index in [2.05, 4.69) is 0 Å². The maximum Gasteiger partial charge on any atom is 0.153 e. The first-order valence-electron chi connectivity index (χ1n) is 5.11. The third-order valence-corrected chi connectivity index (χ3v) is 3.88. The molecule has 0 amide bonds. The van der Waals surface area contributed by atoms with Gasteiger partial charge >= 0.3 is 0 Å². The molecule has 5 nitrogen and oxygen atoms in total. The topological polar surface area (TPSA) is 93.2 Å². The van der Waals surface area contributed by atoms with E-state index >= 15 is 0 Å². The first-order valence-corrected chi connectivity index (χ1v) is 6.93. The molecule has 2 N–H and O–H groups in total. The monoisotopic (exact) mass is 254 g/mol. The van der Waals surface area contributed by atoms with Crippen molar-refractivity contribution in [2.45, 2.75) is 6.92 Å². The van der Waals surface area contributed by atoms with Crippen molar-refractivity contribution in [2.24, 2.45) is 0 Å². The quantitative estimate of drug-likeness (QED) is 0.790. The molecule has 0 unspecified atom stereocenters. The molecule has 0 heterocycles. The first-order chi connectivity index (χ1) is 7.98. The molecule has 0 spiro atoms. The zero-order valence-electron chi connectivity index (χ0n) is 9.51. The molecular weight excluding hydrogens is 240 g/mol. The Balaban J connectivity index is 2.68. The van der Waals surface area contributed by atoms with Gasteiger partial charge < -0.3 is 10.5 Å². The van der Waals surface area contributed by atoms with E-state index in [0.29, 0.717) is 17.0 Å². The maximum atomic E-state index is 11.2. The normalized spacial score (nSPS) is 10.8. The molecule has 92 valence electrons. The molecule has 0 bridgehead atoms. The Bertz CT molecular complexity index is 532. The zero-order valence-corrected chi connectivity index (χ0v) is 10.3. The van der Waals surface area contributed by atoms with Crippen molar-refractivity contribution in [3.8, 4) is 11.8 Å². The number of nitriles is 1. The highest BCUT2D eigenvalue weighted by Crippen LogP contribution is 2.20. The van der Waals surface area contributed by atoms with Gasteiger partial charge in [0, 0.05) is 11.4 Å². The molecule has 0 aromatic heterocycles. The lowest BCUT2D eigenvalue weighted by molar-refractivity contribution is 0.340. The van der Waals surface area contributed by atoms with Crippen LogP contribution in [-0.4, -0.2) is 26.5 Å². The smallest absolute Gasteiger partial charge is 0.153 e. The van der Waals surface area contributed by atoms with E-state index in [9.17, 15) is 8.42 Å². The molecular formula is C11H14N2O3S. The highest BCUT2D eigenvalue weighted by molar-refractivity contribution is 7.91. The van der Waals surface area contributed by atoms with Crippen molar-refractivity contribution in [1.82, 2.24) is 0 Å². The summed E-state index contributed by atoms with van der Waals surface area (Å²) in [6.45, 7) is 1.62. The van der Waals surface area contributed by atoms with Crippen LogP contribution in [0.1, 0.15) is 12.5 Å². The average Bonchev–Trinajstić information content (AvgIpc) is 2.30. The number of benzene rings is 1. The summed E-state index contributed by atoms with van der Waals surface area (Å²) in [4.78, 5) is 0. The summed E-state index contributed by atoms with van der Waals surface area (Å²) >= 11 is 0. The number of sulfone groups is 1.